The minimum atomic E-state index is -0.456. The first-order valence-corrected chi connectivity index (χ1v) is 5.44. The Morgan fingerprint density at radius 3 is 2.56 bits per heavy atom. The number of nitrogen functional groups attached to an aromatic ring is 1. The third kappa shape index (κ3) is 2.44. The van der Waals surface area contributed by atoms with Crippen molar-refractivity contribution in [1.82, 2.24) is 15.0 Å². The molecule has 16 heavy (non-hydrogen) atoms. The molecule has 0 atom stereocenters. The zero-order valence-electron chi connectivity index (χ0n) is 9.02. The van der Waals surface area contributed by atoms with Gasteiger partial charge in [0.25, 0.3) is 0 Å². The summed E-state index contributed by atoms with van der Waals surface area (Å²) in [5.41, 5.74) is 10.7. The lowest BCUT2D eigenvalue weighted by molar-refractivity contribution is -0.117. The number of hydrogen-bond donors (Lipinski definition) is 2. The second-order valence-electron chi connectivity index (χ2n) is 4.09. The fourth-order valence-corrected chi connectivity index (χ4v) is 2.06. The van der Waals surface area contributed by atoms with E-state index < -0.39 is 5.91 Å². The van der Waals surface area contributed by atoms with E-state index in [4.69, 9.17) is 11.5 Å². The van der Waals surface area contributed by atoms with Crippen molar-refractivity contribution in [2.24, 2.45) is 5.73 Å². The average molecular weight is 221 g/mol. The van der Waals surface area contributed by atoms with E-state index in [2.05, 4.69) is 15.0 Å². The van der Waals surface area contributed by atoms with E-state index >= 15 is 0 Å². The van der Waals surface area contributed by atoms with Gasteiger partial charge in [0.2, 0.25) is 11.9 Å². The molecule has 4 N–H and O–H groups in total. The molecule has 1 aromatic heterocycles. The molecule has 1 aliphatic carbocycles. The van der Waals surface area contributed by atoms with Gasteiger partial charge in [-0.1, -0.05) is 12.8 Å². The summed E-state index contributed by atoms with van der Waals surface area (Å²) in [6, 6.07) is 0. The number of nitrogens with two attached hydrogens (primary N) is 2. The van der Waals surface area contributed by atoms with Crippen LogP contribution in [0.3, 0.4) is 0 Å². The lowest BCUT2D eigenvalue weighted by Gasteiger charge is -2.08. The molecule has 0 spiro atoms. The van der Waals surface area contributed by atoms with Crippen molar-refractivity contribution in [1.29, 1.82) is 0 Å². The molecular weight excluding hydrogens is 206 g/mol. The third-order valence-electron chi connectivity index (χ3n) is 2.77. The topological polar surface area (TPSA) is 108 Å². The van der Waals surface area contributed by atoms with Gasteiger partial charge in [-0.2, -0.15) is 9.97 Å². The van der Waals surface area contributed by atoms with Crippen LogP contribution in [0.2, 0.25) is 0 Å². The summed E-state index contributed by atoms with van der Waals surface area (Å²) in [7, 11) is 0. The Morgan fingerprint density at radius 2 is 1.94 bits per heavy atom. The van der Waals surface area contributed by atoms with Crippen molar-refractivity contribution in [3.63, 3.8) is 0 Å². The number of primary amides is 1. The highest BCUT2D eigenvalue weighted by Crippen LogP contribution is 2.32. The molecule has 1 aromatic rings. The molecule has 0 unspecified atom stereocenters. The van der Waals surface area contributed by atoms with E-state index in [-0.39, 0.29) is 12.4 Å². The zero-order valence-corrected chi connectivity index (χ0v) is 9.02. The van der Waals surface area contributed by atoms with Crippen LogP contribution in [-0.4, -0.2) is 20.9 Å². The third-order valence-corrected chi connectivity index (χ3v) is 2.77. The fourth-order valence-electron chi connectivity index (χ4n) is 2.06. The molecule has 0 saturated heterocycles. The van der Waals surface area contributed by atoms with Gasteiger partial charge < -0.3 is 11.5 Å². The van der Waals surface area contributed by atoms with E-state index in [9.17, 15) is 4.79 Å². The molecule has 86 valence electrons. The first-order chi connectivity index (χ1) is 7.65. The highest BCUT2D eigenvalue weighted by Gasteiger charge is 2.21. The predicted molar refractivity (Wildman–Crippen MR) is 58.3 cm³/mol. The average Bonchev–Trinajstić information content (AvgIpc) is 2.67. The minimum absolute atomic E-state index is 0.0203. The van der Waals surface area contributed by atoms with Crippen molar-refractivity contribution in [2.45, 2.75) is 38.0 Å². The van der Waals surface area contributed by atoms with Crippen molar-refractivity contribution in [3.8, 4) is 0 Å². The number of carbonyl (C=O) groups is 1. The molecule has 0 radical (unpaired) electrons. The highest BCUT2D eigenvalue weighted by molar-refractivity contribution is 5.75. The van der Waals surface area contributed by atoms with Crippen molar-refractivity contribution in [2.75, 3.05) is 5.73 Å². The van der Waals surface area contributed by atoms with E-state index in [1.54, 1.807) is 0 Å². The van der Waals surface area contributed by atoms with Crippen LogP contribution in [0.5, 0.6) is 0 Å². The summed E-state index contributed by atoms with van der Waals surface area (Å²) < 4.78 is 0. The maximum atomic E-state index is 10.8. The van der Waals surface area contributed by atoms with Gasteiger partial charge in [0, 0.05) is 5.92 Å². The van der Waals surface area contributed by atoms with Gasteiger partial charge in [-0.15, -0.1) is 0 Å². The molecule has 6 heteroatoms. The number of hydrogen-bond acceptors (Lipinski definition) is 5. The van der Waals surface area contributed by atoms with Gasteiger partial charge in [-0.05, 0) is 12.8 Å². The first-order valence-electron chi connectivity index (χ1n) is 5.44. The first kappa shape index (κ1) is 10.8. The Hall–Kier alpha value is -1.72. The number of rotatable bonds is 3. The Labute approximate surface area is 93.5 Å². The highest BCUT2D eigenvalue weighted by atomic mass is 16.1. The molecule has 1 fully saturated rings. The molecule has 2 rings (SSSR count). The number of anilines is 1. The lowest BCUT2D eigenvalue weighted by atomic mass is 10.1. The number of aromatic nitrogens is 3. The maximum absolute atomic E-state index is 10.8. The Morgan fingerprint density at radius 1 is 1.25 bits per heavy atom. The van der Waals surface area contributed by atoms with Gasteiger partial charge in [0.05, 0.1) is 6.42 Å². The van der Waals surface area contributed by atoms with Gasteiger partial charge in [-0.3, -0.25) is 4.79 Å². The van der Waals surface area contributed by atoms with Crippen LogP contribution in [0.15, 0.2) is 0 Å². The second-order valence-corrected chi connectivity index (χ2v) is 4.09. The van der Waals surface area contributed by atoms with Crippen molar-refractivity contribution in [3.05, 3.63) is 11.6 Å². The van der Waals surface area contributed by atoms with Crippen LogP contribution in [0, 0.1) is 0 Å². The number of amides is 1. The fraction of sp³-hybridized carbons (Fsp3) is 0.600. The molecule has 0 aliphatic heterocycles. The number of carbonyl (C=O) groups excluding carboxylic acids is 1. The summed E-state index contributed by atoms with van der Waals surface area (Å²) >= 11 is 0. The molecule has 6 nitrogen and oxygen atoms in total. The standard InChI is InChI=1S/C10H15N5O/c11-7(16)5-8-13-9(15-10(12)14-8)6-3-1-2-4-6/h6H,1-5H2,(H2,11,16)(H2,12,13,14,15). The van der Waals surface area contributed by atoms with Gasteiger partial charge in [0.1, 0.15) is 11.6 Å². The largest absolute Gasteiger partial charge is 0.369 e. The van der Waals surface area contributed by atoms with Crippen LogP contribution >= 0.6 is 0 Å². The van der Waals surface area contributed by atoms with E-state index in [1.165, 1.54) is 12.8 Å². The van der Waals surface area contributed by atoms with Crippen LogP contribution < -0.4 is 11.5 Å². The maximum Gasteiger partial charge on any atom is 0.225 e. The molecule has 1 amide bonds. The van der Waals surface area contributed by atoms with Gasteiger partial charge >= 0.3 is 0 Å². The second kappa shape index (κ2) is 4.42. The number of nitrogens with zero attached hydrogens (tertiary/aromatic N) is 3. The van der Waals surface area contributed by atoms with Gasteiger partial charge in [0.15, 0.2) is 0 Å². The SMILES string of the molecule is NC(=O)Cc1nc(N)nc(C2CCCC2)n1. The summed E-state index contributed by atoms with van der Waals surface area (Å²) in [6.07, 6.45) is 4.58. The molecular formula is C10H15N5O. The molecule has 0 aromatic carbocycles. The minimum Gasteiger partial charge on any atom is -0.369 e. The smallest absolute Gasteiger partial charge is 0.225 e. The Kier molecular flexibility index (Phi) is 2.98. The van der Waals surface area contributed by atoms with Gasteiger partial charge in [-0.25, -0.2) is 4.98 Å². The van der Waals surface area contributed by atoms with Crippen molar-refractivity contribution >= 4 is 11.9 Å². The molecule has 1 aliphatic rings. The van der Waals surface area contributed by atoms with Crippen LogP contribution in [0.1, 0.15) is 43.3 Å². The quantitative estimate of drug-likeness (QED) is 0.754. The summed E-state index contributed by atoms with van der Waals surface area (Å²) in [5.74, 6) is 1.16. The van der Waals surface area contributed by atoms with Crippen LogP contribution in [0.25, 0.3) is 0 Å². The van der Waals surface area contributed by atoms with Crippen LogP contribution in [-0.2, 0) is 11.2 Å². The summed E-state index contributed by atoms with van der Waals surface area (Å²) in [4.78, 5) is 23.1. The van der Waals surface area contributed by atoms with E-state index in [1.807, 2.05) is 0 Å². The molecule has 0 bridgehead atoms. The van der Waals surface area contributed by atoms with Crippen LogP contribution in [0.4, 0.5) is 5.95 Å². The Balaban J connectivity index is 2.24. The summed E-state index contributed by atoms with van der Waals surface area (Å²) in [6.45, 7) is 0. The summed E-state index contributed by atoms with van der Waals surface area (Å²) in [5, 5.41) is 0. The normalized spacial score (nSPS) is 16.5. The zero-order chi connectivity index (χ0) is 11.5. The van der Waals surface area contributed by atoms with E-state index in [0.717, 1.165) is 12.8 Å². The predicted octanol–water partition coefficient (Wildman–Crippen LogP) is 0.139. The lowest BCUT2D eigenvalue weighted by Crippen LogP contribution is -2.18. The molecule has 1 saturated carbocycles. The Bertz CT molecular complexity index is 400. The monoisotopic (exact) mass is 221 g/mol. The van der Waals surface area contributed by atoms with Crippen molar-refractivity contribution < 1.29 is 4.79 Å². The molecule has 1 heterocycles. The van der Waals surface area contributed by atoms with E-state index in [0.29, 0.717) is 17.6 Å².